The fraction of sp³-hybridized carbons (Fsp3) is 0.609. The van der Waals surface area contributed by atoms with Crippen molar-refractivity contribution in [2.75, 3.05) is 27.4 Å². The van der Waals surface area contributed by atoms with Gasteiger partial charge in [0.1, 0.15) is 68.0 Å². The van der Waals surface area contributed by atoms with Crippen molar-refractivity contribution in [3.63, 3.8) is 0 Å². The Labute approximate surface area is 388 Å². The van der Waals surface area contributed by atoms with Crippen LogP contribution in [0.1, 0.15) is 59.6 Å². The Morgan fingerprint density at radius 3 is 1.43 bits per heavy atom. The fourth-order valence-corrected chi connectivity index (χ4v) is 8.15. The Morgan fingerprint density at radius 2 is 0.955 bits per heavy atom. The molecular weight excluding hydrogens is 885 g/mol. The maximum absolute atomic E-state index is 13.0. The molecule has 370 valence electrons. The Bertz CT molecular complexity index is 1940. The van der Waals surface area contributed by atoms with Gasteiger partial charge in [-0.25, -0.2) is 0 Å². The minimum Gasteiger partial charge on any atom is -0.463 e. The molecule has 2 N–H and O–H groups in total. The molecule has 3 heterocycles. The molecule has 5 rings (SSSR count). The molecule has 0 radical (unpaired) electrons. The minimum atomic E-state index is -1.67. The number of esters is 4. The molecule has 0 aromatic heterocycles. The van der Waals surface area contributed by atoms with E-state index in [1.165, 1.54) is 35.0 Å². The third-order valence-corrected chi connectivity index (χ3v) is 10.9. The highest BCUT2D eigenvalue weighted by Gasteiger charge is 2.57. The summed E-state index contributed by atoms with van der Waals surface area (Å²) in [5.41, 5.74) is 1.77. The van der Waals surface area contributed by atoms with Crippen LogP contribution in [-0.4, -0.2) is 155 Å². The molecule has 3 fully saturated rings. The van der Waals surface area contributed by atoms with Crippen molar-refractivity contribution >= 4 is 35.7 Å². The first kappa shape index (κ1) is 52.9. The van der Waals surface area contributed by atoms with Gasteiger partial charge in [-0.3, -0.25) is 28.8 Å². The molecule has 2 amide bonds. The van der Waals surface area contributed by atoms with Gasteiger partial charge in [-0.05, 0) is 18.1 Å². The van der Waals surface area contributed by atoms with E-state index in [9.17, 15) is 28.8 Å². The number of nitrogens with one attached hydrogen (secondary N) is 2. The average molecular weight is 947 g/mol. The molecule has 0 saturated carbocycles. The molecular formula is C46H62N2O19. The van der Waals surface area contributed by atoms with Crippen LogP contribution in [0.2, 0.25) is 0 Å². The van der Waals surface area contributed by atoms with Crippen molar-refractivity contribution in [2.45, 2.75) is 154 Å². The van der Waals surface area contributed by atoms with Gasteiger partial charge in [-0.2, -0.15) is 0 Å². The summed E-state index contributed by atoms with van der Waals surface area (Å²) in [6, 6.07) is 16.4. The summed E-state index contributed by atoms with van der Waals surface area (Å²) in [6.45, 7) is 8.13. The third kappa shape index (κ3) is 14.9. The minimum absolute atomic E-state index is 0.152. The molecule has 3 saturated heterocycles. The zero-order valence-electron chi connectivity index (χ0n) is 39.0. The molecule has 0 spiro atoms. The summed E-state index contributed by atoms with van der Waals surface area (Å²) >= 11 is 0. The van der Waals surface area contributed by atoms with E-state index in [1.54, 1.807) is 6.92 Å². The number of carbonyl (C=O) groups is 6. The summed E-state index contributed by atoms with van der Waals surface area (Å²) in [7, 11) is 2.78. The zero-order chi connectivity index (χ0) is 48.8. The molecule has 21 nitrogen and oxygen atoms in total. The van der Waals surface area contributed by atoms with Gasteiger partial charge < -0.3 is 72.2 Å². The van der Waals surface area contributed by atoms with E-state index in [2.05, 4.69) is 10.6 Å². The first-order valence-electron chi connectivity index (χ1n) is 21.8. The normalized spacial score (nSPS) is 31.7. The fourth-order valence-electron chi connectivity index (χ4n) is 8.15. The van der Waals surface area contributed by atoms with Crippen LogP contribution in [0.25, 0.3) is 0 Å². The van der Waals surface area contributed by atoms with Crippen molar-refractivity contribution in [2.24, 2.45) is 0 Å². The van der Waals surface area contributed by atoms with Gasteiger partial charge in [0.2, 0.25) is 11.8 Å². The van der Waals surface area contributed by atoms with Gasteiger partial charge in [0.15, 0.2) is 31.1 Å². The average Bonchev–Trinajstić information content (AvgIpc) is 3.27. The van der Waals surface area contributed by atoms with Gasteiger partial charge in [0.25, 0.3) is 0 Å². The highest BCUT2D eigenvalue weighted by atomic mass is 16.8. The van der Waals surface area contributed by atoms with Crippen LogP contribution in [0.4, 0.5) is 0 Å². The lowest BCUT2D eigenvalue weighted by Crippen LogP contribution is -2.71. The van der Waals surface area contributed by atoms with E-state index >= 15 is 0 Å². The second kappa shape index (κ2) is 25.3. The molecule has 3 aliphatic rings. The van der Waals surface area contributed by atoms with Crippen molar-refractivity contribution in [3.8, 4) is 0 Å². The molecule has 67 heavy (non-hydrogen) atoms. The van der Waals surface area contributed by atoms with E-state index in [0.717, 1.165) is 31.9 Å². The van der Waals surface area contributed by atoms with Crippen molar-refractivity contribution < 1.29 is 90.3 Å². The van der Waals surface area contributed by atoms with Crippen LogP contribution in [0.3, 0.4) is 0 Å². The predicted molar refractivity (Wildman–Crippen MR) is 229 cm³/mol. The monoisotopic (exact) mass is 946 g/mol. The smallest absolute Gasteiger partial charge is 0.303 e. The number of hydrogen-bond donors (Lipinski definition) is 2. The van der Waals surface area contributed by atoms with Crippen LogP contribution in [0.15, 0.2) is 60.7 Å². The quantitative estimate of drug-likeness (QED) is 0.142. The summed E-state index contributed by atoms with van der Waals surface area (Å²) in [5.74, 6) is -4.23. The Morgan fingerprint density at radius 1 is 0.493 bits per heavy atom. The number of benzene rings is 2. The van der Waals surface area contributed by atoms with Crippen LogP contribution >= 0.6 is 0 Å². The highest BCUT2D eigenvalue weighted by Crippen LogP contribution is 2.37. The van der Waals surface area contributed by atoms with E-state index in [0.29, 0.717) is 0 Å². The predicted octanol–water partition coefficient (Wildman–Crippen LogP) is 1.78. The summed E-state index contributed by atoms with van der Waals surface area (Å²) in [5, 5.41) is 5.50. The molecule has 0 bridgehead atoms. The summed E-state index contributed by atoms with van der Waals surface area (Å²) < 4.78 is 80.1. The molecule has 3 aliphatic heterocycles. The highest BCUT2D eigenvalue weighted by molar-refractivity contribution is 5.74. The van der Waals surface area contributed by atoms with E-state index in [1.807, 2.05) is 60.7 Å². The van der Waals surface area contributed by atoms with Gasteiger partial charge in [-0.1, -0.05) is 60.7 Å². The zero-order valence-corrected chi connectivity index (χ0v) is 39.0. The van der Waals surface area contributed by atoms with Gasteiger partial charge in [0, 0.05) is 55.8 Å². The molecule has 0 aliphatic carbocycles. The van der Waals surface area contributed by atoms with Crippen LogP contribution in [0.5, 0.6) is 0 Å². The maximum Gasteiger partial charge on any atom is 0.303 e. The van der Waals surface area contributed by atoms with Crippen LogP contribution in [-0.2, 0) is 104 Å². The van der Waals surface area contributed by atoms with E-state index in [-0.39, 0.29) is 13.2 Å². The van der Waals surface area contributed by atoms with Crippen LogP contribution in [0, 0.1) is 0 Å². The van der Waals surface area contributed by atoms with E-state index < -0.39 is 141 Å². The van der Waals surface area contributed by atoms with E-state index in [4.69, 9.17) is 61.6 Å². The van der Waals surface area contributed by atoms with Gasteiger partial charge in [-0.15, -0.1) is 0 Å². The topological polar surface area (TPSA) is 246 Å². The Hall–Kier alpha value is -5.10. The van der Waals surface area contributed by atoms with Crippen LogP contribution < -0.4 is 10.6 Å². The lowest BCUT2D eigenvalue weighted by molar-refractivity contribution is -0.369. The number of hydrogen-bond acceptors (Lipinski definition) is 19. The molecule has 2 aromatic carbocycles. The summed E-state index contributed by atoms with van der Waals surface area (Å²) in [4.78, 5) is 75.5. The number of rotatable bonds is 20. The maximum atomic E-state index is 13.0. The number of methoxy groups -OCH3 is 2. The Kier molecular flexibility index (Phi) is 20.0. The molecule has 21 heteroatoms. The molecule has 15 atom stereocenters. The summed E-state index contributed by atoms with van der Waals surface area (Å²) in [6.07, 6.45) is -16.0. The van der Waals surface area contributed by atoms with Crippen molar-refractivity contribution in [1.29, 1.82) is 0 Å². The third-order valence-electron chi connectivity index (χ3n) is 10.9. The first-order valence-corrected chi connectivity index (χ1v) is 21.8. The number of ether oxygens (including phenoxy) is 13. The standard InChI is InChI=1S/C46H62N2O19/c1-24-37(59-20-31-16-12-10-13-17-31)42(60-21-32-18-14-11-15-19-32)43(55-8)46(61-24)67-41-35(47-25(2)49)44(56-9)64-34(23-58-28(5)52)39(41)66-45-36(48-26(3)50)40(63-30(7)54)38(62-29(6)53)33(65-45)22-57-27(4)51/h10-19,24,33-46H,20-23H2,1-9H3,(H,47,49)(H,48,50)/t24-,33+,34+,35-,36+,37-,38+,39+,40+,41+,42+,43+,44-,45-,46-/m0/s1. The van der Waals surface area contributed by atoms with Gasteiger partial charge in [0.05, 0.1) is 19.3 Å². The molecule has 2 aromatic rings. The van der Waals surface area contributed by atoms with Crippen molar-refractivity contribution in [3.05, 3.63) is 71.8 Å². The SMILES string of the molecule is CO[C@H]1O[C@H](COC(C)=O)[C@@H](O[C@@H]2O[C@H](COC(C)=O)[C@@H](OC(C)=O)[C@H](OC(C)=O)[C@H]2NC(C)=O)[C@H](O[C@@H]2O[C@@H](C)[C@H](OCc3ccccc3)[C@@H](OCc3ccccc3)[C@H]2OC)[C@@H]1NC(C)=O. The first-order chi connectivity index (χ1) is 32.0. The Balaban J connectivity index is 1.60. The second-order valence-corrected chi connectivity index (χ2v) is 16.2. The van der Waals surface area contributed by atoms with Crippen molar-refractivity contribution in [1.82, 2.24) is 10.6 Å². The largest absolute Gasteiger partial charge is 0.463 e. The number of amides is 2. The van der Waals surface area contributed by atoms with Gasteiger partial charge >= 0.3 is 23.9 Å². The number of carbonyl (C=O) groups excluding carboxylic acids is 6. The lowest BCUT2D eigenvalue weighted by atomic mass is 9.93. The molecule has 0 unspecified atom stereocenters. The lowest BCUT2D eigenvalue weighted by Gasteiger charge is -2.51. The second-order valence-electron chi connectivity index (χ2n) is 16.2.